The van der Waals surface area contributed by atoms with Crippen LogP contribution in [0.5, 0.6) is 0 Å². The van der Waals surface area contributed by atoms with Crippen LogP contribution in [0.1, 0.15) is 70.8 Å². The molecule has 1 unspecified atom stereocenters. The molecule has 144 valence electrons. The first-order chi connectivity index (χ1) is 12.7. The highest BCUT2D eigenvalue weighted by Gasteiger charge is 2.44. The SMILES string of the molecule is CCCCCCN1C(=O)C(Cc2ccccc2)N(CCCCCC)C1=O. The summed E-state index contributed by atoms with van der Waals surface area (Å²) in [6.45, 7) is 5.60. The second-order valence-electron chi connectivity index (χ2n) is 7.29. The minimum atomic E-state index is -0.335. The first-order valence-corrected chi connectivity index (χ1v) is 10.3. The third kappa shape index (κ3) is 5.58. The van der Waals surface area contributed by atoms with Crippen LogP contribution in [0.4, 0.5) is 4.79 Å². The molecule has 1 aliphatic rings. The predicted molar refractivity (Wildman–Crippen MR) is 106 cm³/mol. The number of unbranched alkanes of at least 4 members (excludes halogenated alkanes) is 6. The minimum absolute atomic E-state index is 0.00848. The molecule has 1 aliphatic heterocycles. The lowest BCUT2D eigenvalue weighted by molar-refractivity contribution is -0.128. The highest BCUT2D eigenvalue weighted by Crippen LogP contribution is 2.23. The Balaban J connectivity index is 2.03. The van der Waals surface area contributed by atoms with E-state index in [0.29, 0.717) is 19.5 Å². The van der Waals surface area contributed by atoms with E-state index in [2.05, 4.69) is 13.8 Å². The Morgan fingerprint density at radius 3 is 2.04 bits per heavy atom. The predicted octanol–water partition coefficient (Wildman–Crippen LogP) is 5.02. The van der Waals surface area contributed by atoms with Crippen LogP contribution in [0.25, 0.3) is 0 Å². The Kier molecular flexibility index (Phi) is 8.66. The molecule has 26 heavy (non-hydrogen) atoms. The topological polar surface area (TPSA) is 40.6 Å². The van der Waals surface area contributed by atoms with E-state index in [1.165, 1.54) is 17.7 Å². The second-order valence-corrected chi connectivity index (χ2v) is 7.29. The van der Waals surface area contributed by atoms with Gasteiger partial charge in [-0.2, -0.15) is 0 Å². The minimum Gasteiger partial charge on any atom is -0.312 e. The summed E-state index contributed by atoms with van der Waals surface area (Å²) >= 11 is 0. The van der Waals surface area contributed by atoms with Crippen LogP contribution in [0.2, 0.25) is 0 Å². The Labute approximate surface area is 158 Å². The normalized spacial score (nSPS) is 17.4. The molecule has 0 saturated carbocycles. The maximum absolute atomic E-state index is 12.9. The molecule has 1 aromatic carbocycles. The Morgan fingerprint density at radius 2 is 1.42 bits per heavy atom. The van der Waals surface area contributed by atoms with Crippen LogP contribution >= 0.6 is 0 Å². The standard InChI is InChI=1S/C22H34N2O2/c1-3-5-7-12-16-23-20(18-19-14-10-9-11-15-19)21(25)24(22(23)26)17-13-8-6-4-2/h9-11,14-15,20H,3-8,12-13,16-18H2,1-2H3. The van der Waals surface area contributed by atoms with Gasteiger partial charge in [-0.15, -0.1) is 0 Å². The fourth-order valence-electron chi connectivity index (χ4n) is 3.59. The number of carbonyl (C=O) groups is 2. The van der Waals surface area contributed by atoms with Crippen LogP contribution in [-0.2, 0) is 11.2 Å². The van der Waals surface area contributed by atoms with E-state index >= 15 is 0 Å². The lowest BCUT2D eigenvalue weighted by Gasteiger charge is -2.22. The fraction of sp³-hybridized carbons (Fsp3) is 0.636. The van der Waals surface area contributed by atoms with Gasteiger partial charge in [-0.1, -0.05) is 82.7 Å². The van der Waals surface area contributed by atoms with Gasteiger partial charge >= 0.3 is 6.03 Å². The van der Waals surface area contributed by atoms with E-state index in [4.69, 9.17) is 0 Å². The summed E-state index contributed by atoms with van der Waals surface area (Å²) in [6.07, 6.45) is 9.35. The third-order valence-corrected chi connectivity index (χ3v) is 5.16. The van der Waals surface area contributed by atoms with Gasteiger partial charge in [0.1, 0.15) is 6.04 Å². The van der Waals surface area contributed by atoms with Crippen LogP contribution < -0.4 is 0 Å². The maximum Gasteiger partial charge on any atom is 0.327 e. The van der Waals surface area contributed by atoms with Crippen molar-refractivity contribution >= 4 is 11.9 Å². The van der Waals surface area contributed by atoms with E-state index in [-0.39, 0.29) is 18.0 Å². The molecule has 1 saturated heterocycles. The quantitative estimate of drug-likeness (QED) is 0.389. The monoisotopic (exact) mass is 358 g/mol. The average Bonchev–Trinajstić information content (AvgIpc) is 2.87. The number of nitrogens with zero attached hydrogens (tertiary/aromatic N) is 2. The number of urea groups is 1. The molecule has 0 N–H and O–H groups in total. The summed E-state index contributed by atoms with van der Waals surface area (Å²) in [5.41, 5.74) is 1.12. The van der Waals surface area contributed by atoms with Crippen molar-refractivity contribution in [2.75, 3.05) is 13.1 Å². The average molecular weight is 359 g/mol. The van der Waals surface area contributed by atoms with Crippen LogP contribution in [0, 0.1) is 0 Å². The van der Waals surface area contributed by atoms with E-state index in [9.17, 15) is 9.59 Å². The van der Waals surface area contributed by atoms with E-state index < -0.39 is 0 Å². The molecule has 1 fully saturated rings. The molecule has 1 aromatic rings. The van der Waals surface area contributed by atoms with Crippen molar-refractivity contribution in [2.24, 2.45) is 0 Å². The molecule has 0 aliphatic carbocycles. The first-order valence-electron chi connectivity index (χ1n) is 10.3. The second kappa shape index (κ2) is 11.0. The van der Waals surface area contributed by atoms with E-state index in [0.717, 1.165) is 44.1 Å². The summed E-state index contributed by atoms with van der Waals surface area (Å²) in [4.78, 5) is 29.1. The molecule has 1 heterocycles. The Bertz CT molecular complexity index is 559. The molecule has 4 heteroatoms. The highest BCUT2D eigenvalue weighted by molar-refractivity contribution is 6.04. The lowest BCUT2D eigenvalue weighted by atomic mass is 10.0. The number of hydrogen-bond donors (Lipinski definition) is 0. The van der Waals surface area contributed by atoms with Crippen molar-refractivity contribution in [3.8, 4) is 0 Å². The molecule has 0 aromatic heterocycles. The van der Waals surface area contributed by atoms with Gasteiger partial charge in [0.2, 0.25) is 0 Å². The summed E-state index contributed by atoms with van der Waals surface area (Å²) in [5.74, 6) is -0.00848. The molecule has 1 atom stereocenters. The number of amides is 3. The van der Waals surface area contributed by atoms with Crippen molar-refractivity contribution in [2.45, 2.75) is 77.7 Å². The van der Waals surface area contributed by atoms with Gasteiger partial charge in [0, 0.05) is 19.5 Å². The zero-order valence-corrected chi connectivity index (χ0v) is 16.5. The Morgan fingerprint density at radius 1 is 0.808 bits per heavy atom. The molecule has 0 bridgehead atoms. The van der Waals surface area contributed by atoms with Crippen molar-refractivity contribution in [1.82, 2.24) is 9.80 Å². The fourth-order valence-corrected chi connectivity index (χ4v) is 3.59. The van der Waals surface area contributed by atoms with Crippen molar-refractivity contribution in [3.63, 3.8) is 0 Å². The molecule has 0 spiro atoms. The molecule has 3 amide bonds. The number of imide groups is 1. The van der Waals surface area contributed by atoms with Crippen molar-refractivity contribution in [3.05, 3.63) is 35.9 Å². The van der Waals surface area contributed by atoms with Gasteiger partial charge in [-0.3, -0.25) is 9.69 Å². The molecule has 0 radical (unpaired) electrons. The van der Waals surface area contributed by atoms with E-state index in [1.807, 2.05) is 35.2 Å². The Hall–Kier alpha value is -1.84. The molecular formula is C22H34N2O2. The zero-order valence-electron chi connectivity index (χ0n) is 16.5. The van der Waals surface area contributed by atoms with E-state index in [1.54, 1.807) is 0 Å². The number of carbonyl (C=O) groups excluding carboxylic acids is 2. The molecular weight excluding hydrogens is 324 g/mol. The number of hydrogen-bond acceptors (Lipinski definition) is 2. The summed E-state index contributed by atoms with van der Waals surface area (Å²) in [7, 11) is 0. The highest BCUT2D eigenvalue weighted by atomic mass is 16.2. The first kappa shape index (κ1) is 20.5. The van der Waals surface area contributed by atoms with Gasteiger partial charge in [-0.05, 0) is 18.4 Å². The smallest absolute Gasteiger partial charge is 0.312 e. The van der Waals surface area contributed by atoms with Crippen LogP contribution in [-0.4, -0.2) is 40.9 Å². The van der Waals surface area contributed by atoms with Crippen LogP contribution in [0.15, 0.2) is 30.3 Å². The largest absolute Gasteiger partial charge is 0.327 e. The van der Waals surface area contributed by atoms with Crippen LogP contribution in [0.3, 0.4) is 0 Å². The number of rotatable bonds is 12. The molecule has 4 nitrogen and oxygen atoms in total. The lowest BCUT2D eigenvalue weighted by Crippen LogP contribution is -2.37. The summed E-state index contributed by atoms with van der Waals surface area (Å²) in [5, 5.41) is 0. The van der Waals surface area contributed by atoms with Gasteiger partial charge in [0.15, 0.2) is 0 Å². The van der Waals surface area contributed by atoms with Gasteiger partial charge in [-0.25, -0.2) is 4.79 Å². The molecule has 2 rings (SSSR count). The van der Waals surface area contributed by atoms with Crippen molar-refractivity contribution in [1.29, 1.82) is 0 Å². The van der Waals surface area contributed by atoms with Crippen molar-refractivity contribution < 1.29 is 9.59 Å². The number of benzene rings is 1. The van der Waals surface area contributed by atoms with Gasteiger partial charge < -0.3 is 4.90 Å². The van der Waals surface area contributed by atoms with Gasteiger partial charge in [0.05, 0.1) is 0 Å². The third-order valence-electron chi connectivity index (χ3n) is 5.16. The maximum atomic E-state index is 12.9. The van der Waals surface area contributed by atoms with Gasteiger partial charge in [0.25, 0.3) is 5.91 Å². The summed E-state index contributed by atoms with van der Waals surface area (Å²) < 4.78 is 0. The zero-order chi connectivity index (χ0) is 18.8. The summed E-state index contributed by atoms with van der Waals surface area (Å²) in [6, 6.07) is 9.62.